The first kappa shape index (κ1) is 12.4. The number of hydrogen-bond donors (Lipinski definition) is 0. The molecule has 0 aromatic heterocycles. The summed E-state index contributed by atoms with van der Waals surface area (Å²) in [5, 5.41) is 0. The van der Waals surface area contributed by atoms with Crippen LogP contribution in [0.4, 0.5) is 8.78 Å². The molecule has 0 aliphatic carbocycles. The summed E-state index contributed by atoms with van der Waals surface area (Å²) in [6.45, 7) is 1.68. The summed E-state index contributed by atoms with van der Waals surface area (Å²) >= 11 is 0. The topological polar surface area (TPSA) is 37.4 Å². The highest BCUT2D eigenvalue weighted by molar-refractivity contribution is 7.89. The molecule has 2 rings (SSSR count). The van der Waals surface area contributed by atoms with Crippen LogP contribution in [0.25, 0.3) is 0 Å². The van der Waals surface area contributed by atoms with Crippen LogP contribution in [0.3, 0.4) is 0 Å². The van der Waals surface area contributed by atoms with Gasteiger partial charge in [-0.3, -0.25) is 0 Å². The van der Waals surface area contributed by atoms with Gasteiger partial charge in [0.05, 0.1) is 4.90 Å². The van der Waals surface area contributed by atoms with Crippen molar-refractivity contribution >= 4 is 10.0 Å². The molecule has 94 valence electrons. The van der Waals surface area contributed by atoms with Gasteiger partial charge in [-0.1, -0.05) is 17.7 Å². The quantitative estimate of drug-likeness (QED) is 0.833. The van der Waals surface area contributed by atoms with Gasteiger partial charge in [0, 0.05) is 19.0 Å². The third-order valence-corrected chi connectivity index (χ3v) is 4.74. The number of nitrogens with zero attached hydrogens (tertiary/aromatic N) is 1. The van der Waals surface area contributed by atoms with E-state index in [1.54, 1.807) is 12.1 Å². The summed E-state index contributed by atoms with van der Waals surface area (Å²) in [4.78, 5) is 0.163. The normalized spacial score (nSPS) is 18.4. The van der Waals surface area contributed by atoms with Crippen molar-refractivity contribution in [2.24, 2.45) is 5.92 Å². The maximum absolute atomic E-state index is 12.3. The number of sulfonamides is 1. The van der Waals surface area contributed by atoms with Crippen LogP contribution in [-0.2, 0) is 10.0 Å². The van der Waals surface area contributed by atoms with E-state index in [4.69, 9.17) is 0 Å². The zero-order chi connectivity index (χ0) is 12.6. The predicted molar refractivity (Wildman–Crippen MR) is 59.4 cm³/mol. The molecule has 1 aliphatic heterocycles. The van der Waals surface area contributed by atoms with Crippen LogP contribution in [0, 0.1) is 12.8 Å². The molecular formula is C11H13F2NO2S. The molecule has 0 N–H and O–H groups in total. The second-order valence-electron chi connectivity index (χ2n) is 4.23. The van der Waals surface area contributed by atoms with E-state index in [0.717, 1.165) is 9.87 Å². The molecule has 0 spiro atoms. The molecule has 0 atom stereocenters. The van der Waals surface area contributed by atoms with E-state index in [2.05, 4.69) is 0 Å². The molecule has 1 fully saturated rings. The third kappa shape index (κ3) is 2.32. The van der Waals surface area contributed by atoms with Crippen molar-refractivity contribution < 1.29 is 17.2 Å². The van der Waals surface area contributed by atoms with Crippen molar-refractivity contribution in [1.29, 1.82) is 0 Å². The Morgan fingerprint density at radius 2 is 1.76 bits per heavy atom. The van der Waals surface area contributed by atoms with E-state index in [1.165, 1.54) is 12.1 Å². The molecule has 6 heteroatoms. The first-order chi connectivity index (χ1) is 7.91. The number of alkyl halides is 2. The zero-order valence-corrected chi connectivity index (χ0v) is 10.1. The lowest BCUT2D eigenvalue weighted by molar-refractivity contribution is 0.0123. The zero-order valence-electron chi connectivity index (χ0n) is 9.31. The van der Waals surface area contributed by atoms with E-state index >= 15 is 0 Å². The minimum absolute atomic E-state index is 0.0894. The molecule has 3 nitrogen and oxygen atoms in total. The molecule has 0 unspecified atom stereocenters. The van der Waals surface area contributed by atoms with Crippen LogP contribution >= 0.6 is 0 Å². The van der Waals surface area contributed by atoms with E-state index in [-0.39, 0.29) is 18.0 Å². The monoisotopic (exact) mass is 261 g/mol. The lowest BCUT2D eigenvalue weighted by Crippen LogP contribution is -2.52. The fraction of sp³-hybridized carbons (Fsp3) is 0.455. The highest BCUT2D eigenvalue weighted by Crippen LogP contribution is 2.28. The molecule has 1 heterocycles. The minimum Gasteiger partial charge on any atom is -0.210 e. The van der Waals surface area contributed by atoms with Gasteiger partial charge >= 0.3 is 0 Å². The SMILES string of the molecule is Cc1ccc(S(=O)(=O)N2CC(C(F)F)C2)cc1. The molecule has 1 aromatic rings. The van der Waals surface area contributed by atoms with Crippen molar-refractivity contribution in [3.8, 4) is 0 Å². The second-order valence-corrected chi connectivity index (χ2v) is 6.17. The minimum atomic E-state index is -3.59. The van der Waals surface area contributed by atoms with Crippen LogP contribution in [0.5, 0.6) is 0 Å². The largest absolute Gasteiger partial charge is 0.243 e. The van der Waals surface area contributed by atoms with Crippen LogP contribution in [0.1, 0.15) is 5.56 Å². The maximum atomic E-state index is 12.3. The second kappa shape index (κ2) is 4.34. The predicted octanol–water partition coefficient (Wildman–Crippen LogP) is 1.88. The van der Waals surface area contributed by atoms with Crippen LogP contribution in [0.2, 0.25) is 0 Å². The van der Waals surface area contributed by atoms with Crippen molar-refractivity contribution in [1.82, 2.24) is 4.31 Å². The number of benzene rings is 1. The van der Waals surface area contributed by atoms with Gasteiger partial charge < -0.3 is 0 Å². The van der Waals surface area contributed by atoms with Gasteiger partial charge in [-0.05, 0) is 19.1 Å². The van der Waals surface area contributed by atoms with Crippen molar-refractivity contribution in [3.05, 3.63) is 29.8 Å². The van der Waals surface area contributed by atoms with E-state index in [1.807, 2.05) is 6.92 Å². The lowest BCUT2D eigenvalue weighted by atomic mass is 10.1. The molecule has 0 radical (unpaired) electrons. The Labute approximate surface area is 99.1 Å². The summed E-state index contributed by atoms with van der Waals surface area (Å²) in [5.41, 5.74) is 0.956. The highest BCUT2D eigenvalue weighted by Gasteiger charge is 2.41. The molecule has 0 amide bonds. The summed E-state index contributed by atoms with van der Waals surface area (Å²) in [6.07, 6.45) is -2.44. The van der Waals surface area contributed by atoms with Crippen molar-refractivity contribution in [3.63, 3.8) is 0 Å². The van der Waals surface area contributed by atoms with Gasteiger partial charge in [0.15, 0.2) is 0 Å². The molecule has 1 saturated heterocycles. The van der Waals surface area contributed by atoms with E-state index in [0.29, 0.717) is 0 Å². The van der Waals surface area contributed by atoms with E-state index in [9.17, 15) is 17.2 Å². The standard InChI is InChI=1S/C11H13F2NO2S/c1-8-2-4-10(5-3-8)17(15,16)14-6-9(7-14)11(12)13/h2-5,9,11H,6-7H2,1H3. The number of rotatable bonds is 3. The summed E-state index contributed by atoms with van der Waals surface area (Å²) in [7, 11) is -3.59. The molecule has 17 heavy (non-hydrogen) atoms. The van der Waals surface area contributed by atoms with Gasteiger partial charge in [0.1, 0.15) is 0 Å². The highest BCUT2D eigenvalue weighted by atomic mass is 32.2. The fourth-order valence-electron chi connectivity index (χ4n) is 1.68. The molecule has 1 aromatic carbocycles. The van der Waals surface area contributed by atoms with Gasteiger partial charge in [-0.15, -0.1) is 0 Å². The lowest BCUT2D eigenvalue weighted by Gasteiger charge is -2.37. The van der Waals surface area contributed by atoms with Gasteiger partial charge in [0.2, 0.25) is 16.4 Å². The van der Waals surface area contributed by atoms with Crippen LogP contribution in [-0.4, -0.2) is 32.2 Å². The van der Waals surface area contributed by atoms with Crippen molar-refractivity contribution in [2.75, 3.05) is 13.1 Å². The van der Waals surface area contributed by atoms with Gasteiger partial charge in [0.25, 0.3) is 0 Å². The number of aryl methyl sites for hydroxylation is 1. The van der Waals surface area contributed by atoms with Crippen LogP contribution in [0.15, 0.2) is 29.2 Å². The van der Waals surface area contributed by atoms with Gasteiger partial charge in [-0.25, -0.2) is 17.2 Å². The Hall–Kier alpha value is -1.01. The van der Waals surface area contributed by atoms with Crippen molar-refractivity contribution in [2.45, 2.75) is 18.2 Å². The average Bonchev–Trinajstić information content (AvgIpc) is 2.14. The Kier molecular flexibility index (Phi) is 3.18. The molecule has 0 bridgehead atoms. The first-order valence-electron chi connectivity index (χ1n) is 5.26. The summed E-state index contributed by atoms with van der Waals surface area (Å²) < 4.78 is 49.6. The average molecular weight is 261 g/mol. The first-order valence-corrected chi connectivity index (χ1v) is 6.70. The Balaban J connectivity index is 2.13. The number of halogens is 2. The Morgan fingerprint density at radius 3 is 2.24 bits per heavy atom. The Morgan fingerprint density at radius 1 is 1.24 bits per heavy atom. The van der Waals surface area contributed by atoms with Crippen LogP contribution < -0.4 is 0 Å². The molecule has 0 saturated carbocycles. The third-order valence-electron chi connectivity index (χ3n) is 2.89. The number of hydrogen-bond acceptors (Lipinski definition) is 2. The maximum Gasteiger partial charge on any atom is 0.243 e. The molecule has 1 aliphatic rings. The summed E-state index contributed by atoms with van der Waals surface area (Å²) in [6, 6.07) is 6.38. The summed E-state index contributed by atoms with van der Waals surface area (Å²) in [5.74, 6) is -0.824. The fourth-order valence-corrected chi connectivity index (χ4v) is 3.24. The van der Waals surface area contributed by atoms with E-state index < -0.39 is 22.4 Å². The molecular weight excluding hydrogens is 248 g/mol. The smallest absolute Gasteiger partial charge is 0.210 e. The van der Waals surface area contributed by atoms with Gasteiger partial charge in [-0.2, -0.15) is 4.31 Å². The Bertz CT molecular complexity index is 493.